The lowest BCUT2D eigenvalue weighted by Gasteiger charge is -2.14. The molecule has 0 radical (unpaired) electrons. The third kappa shape index (κ3) is 3.53. The van der Waals surface area contributed by atoms with Crippen molar-refractivity contribution in [2.24, 2.45) is 0 Å². The first-order chi connectivity index (χ1) is 13.7. The van der Waals surface area contributed by atoms with E-state index in [0.717, 1.165) is 33.5 Å². The van der Waals surface area contributed by atoms with Crippen LogP contribution in [0.1, 0.15) is 34.6 Å². The summed E-state index contributed by atoms with van der Waals surface area (Å²) >= 11 is 1.67. The summed E-state index contributed by atoms with van der Waals surface area (Å²) in [5, 5.41) is 8.16. The Balaban J connectivity index is 1.55. The van der Waals surface area contributed by atoms with Crippen LogP contribution in [0.3, 0.4) is 0 Å². The smallest absolute Gasteiger partial charge is 0.287 e. The molecule has 0 saturated heterocycles. The van der Waals surface area contributed by atoms with E-state index < -0.39 is 0 Å². The van der Waals surface area contributed by atoms with Crippen LogP contribution in [-0.2, 0) is 5.75 Å². The minimum atomic E-state index is -0.201. The Kier molecular flexibility index (Phi) is 5.16. The Bertz CT molecular complexity index is 1090. The van der Waals surface area contributed by atoms with Gasteiger partial charge < -0.3 is 9.73 Å². The first-order valence-electron chi connectivity index (χ1n) is 8.92. The van der Waals surface area contributed by atoms with Gasteiger partial charge in [-0.05, 0) is 36.9 Å². The molecular weight excluding hydrogens is 372 g/mol. The van der Waals surface area contributed by atoms with Crippen molar-refractivity contribution < 1.29 is 9.21 Å². The molecule has 4 aromatic rings. The lowest BCUT2D eigenvalue weighted by molar-refractivity contribution is 0.0913. The third-order valence-electron chi connectivity index (χ3n) is 4.62. The van der Waals surface area contributed by atoms with Gasteiger partial charge >= 0.3 is 0 Å². The second kappa shape index (κ2) is 7.90. The summed E-state index contributed by atoms with van der Waals surface area (Å²) in [4.78, 5) is 16.9. The Morgan fingerprint density at radius 2 is 2.00 bits per heavy atom. The zero-order chi connectivity index (χ0) is 19.5. The minimum Gasteiger partial charge on any atom is -0.451 e. The fourth-order valence-corrected chi connectivity index (χ4v) is 3.75. The topological polar surface area (TPSA) is 73.0 Å². The number of amides is 1. The number of aromatic nitrogens is 3. The van der Waals surface area contributed by atoms with Crippen LogP contribution in [0.25, 0.3) is 16.7 Å². The molecule has 1 atom stereocenters. The first kappa shape index (κ1) is 18.3. The summed E-state index contributed by atoms with van der Waals surface area (Å²) in [5.74, 6) is 0.913. The zero-order valence-corrected chi connectivity index (χ0v) is 16.4. The highest BCUT2D eigenvalue weighted by Crippen LogP contribution is 2.29. The van der Waals surface area contributed by atoms with Gasteiger partial charge in [0, 0.05) is 16.7 Å². The van der Waals surface area contributed by atoms with Crippen molar-refractivity contribution in [2.75, 3.05) is 6.26 Å². The Morgan fingerprint density at radius 3 is 2.71 bits per heavy atom. The van der Waals surface area contributed by atoms with Crippen molar-refractivity contribution in [2.45, 2.75) is 18.7 Å². The normalized spacial score (nSPS) is 12.2. The number of hydrogen-bond donors (Lipinski definition) is 1. The van der Waals surface area contributed by atoms with Crippen LogP contribution in [0.2, 0.25) is 0 Å². The second-order valence-electron chi connectivity index (χ2n) is 6.47. The molecule has 0 bridgehead atoms. The van der Waals surface area contributed by atoms with Crippen molar-refractivity contribution in [1.82, 2.24) is 20.1 Å². The summed E-state index contributed by atoms with van der Waals surface area (Å²) in [6.07, 6.45) is 5.16. The number of hydrogen-bond acceptors (Lipinski definition) is 5. The summed E-state index contributed by atoms with van der Waals surface area (Å²) in [6.45, 7) is 1.96. The van der Waals surface area contributed by atoms with Crippen molar-refractivity contribution >= 4 is 28.6 Å². The Hall–Kier alpha value is -3.06. The monoisotopic (exact) mass is 392 g/mol. The number of thioether (sulfide) groups is 1. The quantitative estimate of drug-likeness (QED) is 0.528. The van der Waals surface area contributed by atoms with E-state index in [4.69, 9.17) is 4.42 Å². The minimum absolute atomic E-state index is 0.160. The number of benzene rings is 2. The van der Waals surface area contributed by atoms with E-state index in [0.29, 0.717) is 5.76 Å². The maximum Gasteiger partial charge on any atom is 0.287 e. The fraction of sp³-hybridized carbons (Fsp3) is 0.190. The largest absolute Gasteiger partial charge is 0.451 e. The highest BCUT2D eigenvalue weighted by atomic mass is 32.2. The standard InChI is InChI=1S/C21H20N4O2S/c1-14(15-7-9-16(10-8-15)25-13-22-12-23-25)24-21(26)20-18(11-28-2)17-5-3-4-6-19(17)27-20/h3-10,12-14H,11H2,1-2H3,(H,24,26). The molecule has 7 heteroatoms. The Labute approximate surface area is 167 Å². The fourth-order valence-electron chi connectivity index (χ4n) is 3.17. The number of furan rings is 1. The van der Waals surface area contributed by atoms with Gasteiger partial charge in [-0.2, -0.15) is 16.9 Å². The molecule has 1 unspecified atom stereocenters. The molecule has 0 fully saturated rings. The Morgan fingerprint density at radius 1 is 1.21 bits per heavy atom. The average Bonchev–Trinajstić information content (AvgIpc) is 3.37. The van der Waals surface area contributed by atoms with Crippen LogP contribution in [0, 0.1) is 0 Å². The van der Waals surface area contributed by atoms with Crippen LogP contribution < -0.4 is 5.32 Å². The van der Waals surface area contributed by atoms with Crippen molar-refractivity contribution in [3.05, 3.63) is 78.1 Å². The summed E-state index contributed by atoms with van der Waals surface area (Å²) < 4.78 is 7.57. The maximum atomic E-state index is 12.9. The molecule has 2 heterocycles. The van der Waals surface area contributed by atoms with Gasteiger partial charge in [-0.15, -0.1) is 0 Å². The van der Waals surface area contributed by atoms with Crippen LogP contribution in [0.4, 0.5) is 0 Å². The van der Waals surface area contributed by atoms with Crippen LogP contribution in [-0.4, -0.2) is 26.9 Å². The van der Waals surface area contributed by atoms with Gasteiger partial charge in [0.1, 0.15) is 18.2 Å². The van der Waals surface area contributed by atoms with Gasteiger partial charge in [0.05, 0.1) is 11.7 Å². The predicted octanol–water partition coefficient (Wildman–Crippen LogP) is 4.37. The molecule has 0 aliphatic carbocycles. The van der Waals surface area contributed by atoms with Gasteiger partial charge in [-0.25, -0.2) is 9.67 Å². The van der Waals surface area contributed by atoms with Crippen molar-refractivity contribution in [3.8, 4) is 5.69 Å². The number of nitrogens with one attached hydrogen (secondary N) is 1. The van der Waals surface area contributed by atoms with Gasteiger partial charge in [-0.1, -0.05) is 30.3 Å². The number of carbonyl (C=O) groups excluding carboxylic acids is 1. The molecule has 142 valence electrons. The van der Waals surface area contributed by atoms with E-state index in [1.807, 2.05) is 61.7 Å². The highest BCUT2D eigenvalue weighted by Gasteiger charge is 2.21. The lowest BCUT2D eigenvalue weighted by atomic mass is 10.1. The van der Waals surface area contributed by atoms with Crippen molar-refractivity contribution in [1.29, 1.82) is 0 Å². The molecular formula is C21H20N4O2S. The number of para-hydroxylation sites is 1. The van der Waals surface area contributed by atoms with E-state index in [2.05, 4.69) is 15.4 Å². The average molecular weight is 392 g/mol. The molecule has 6 nitrogen and oxygen atoms in total. The molecule has 0 spiro atoms. The van der Waals surface area contributed by atoms with E-state index in [1.54, 1.807) is 22.8 Å². The number of fused-ring (bicyclic) bond motifs is 1. The van der Waals surface area contributed by atoms with Crippen molar-refractivity contribution in [3.63, 3.8) is 0 Å². The number of rotatable bonds is 6. The van der Waals surface area contributed by atoms with Gasteiger partial charge in [0.2, 0.25) is 0 Å². The maximum absolute atomic E-state index is 12.9. The van der Waals surface area contributed by atoms with E-state index in [1.165, 1.54) is 6.33 Å². The number of carbonyl (C=O) groups is 1. The summed E-state index contributed by atoms with van der Waals surface area (Å²) in [6, 6.07) is 15.5. The molecule has 2 aromatic heterocycles. The van der Waals surface area contributed by atoms with E-state index >= 15 is 0 Å². The van der Waals surface area contributed by atoms with Gasteiger partial charge in [-0.3, -0.25) is 4.79 Å². The van der Waals surface area contributed by atoms with Crippen LogP contribution in [0.15, 0.2) is 65.6 Å². The number of nitrogens with zero attached hydrogens (tertiary/aromatic N) is 3. The van der Waals surface area contributed by atoms with Crippen LogP contribution in [0.5, 0.6) is 0 Å². The van der Waals surface area contributed by atoms with E-state index in [9.17, 15) is 4.79 Å². The summed E-state index contributed by atoms with van der Waals surface area (Å²) in [7, 11) is 0. The molecule has 2 aromatic carbocycles. The van der Waals surface area contributed by atoms with Gasteiger partial charge in [0.25, 0.3) is 5.91 Å². The third-order valence-corrected chi connectivity index (χ3v) is 5.19. The zero-order valence-electron chi connectivity index (χ0n) is 15.6. The van der Waals surface area contributed by atoms with Crippen LogP contribution >= 0.6 is 11.8 Å². The van der Waals surface area contributed by atoms with E-state index in [-0.39, 0.29) is 11.9 Å². The SMILES string of the molecule is CSCc1c(C(=O)NC(C)c2ccc(-n3cncn3)cc2)oc2ccccc12. The highest BCUT2D eigenvalue weighted by molar-refractivity contribution is 7.97. The second-order valence-corrected chi connectivity index (χ2v) is 7.33. The summed E-state index contributed by atoms with van der Waals surface area (Å²) in [5.41, 5.74) is 3.59. The lowest BCUT2D eigenvalue weighted by Crippen LogP contribution is -2.27. The molecule has 4 rings (SSSR count). The molecule has 28 heavy (non-hydrogen) atoms. The molecule has 0 saturated carbocycles. The molecule has 1 N–H and O–H groups in total. The molecule has 1 amide bonds. The first-order valence-corrected chi connectivity index (χ1v) is 10.3. The van der Waals surface area contributed by atoms with Gasteiger partial charge in [0.15, 0.2) is 5.76 Å². The molecule has 0 aliphatic heterocycles. The predicted molar refractivity (Wildman–Crippen MR) is 111 cm³/mol. The molecule has 0 aliphatic rings.